The summed E-state index contributed by atoms with van der Waals surface area (Å²) >= 11 is 0. The third-order valence-corrected chi connectivity index (χ3v) is 6.39. The van der Waals surface area contributed by atoms with Gasteiger partial charge in [0.1, 0.15) is 12.4 Å². The summed E-state index contributed by atoms with van der Waals surface area (Å²) in [5, 5.41) is 2.80. The third-order valence-electron chi connectivity index (χ3n) is 4.48. The van der Waals surface area contributed by atoms with Crippen molar-refractivity contribution in [3.8, 4) is 5.75 Å². The molecule has 0 bridgehead atoms. The topological polar surface area (TPSA) is 72.5 Å². The number of sulfone groups is 1. The molecule has 1 unspecified atom stereocenters. The van der Waals surface area contributed by atoms with Crippen LogP contribution in [0.4, 0.5) is 0 Å². The van der Waals surface area contributed by atoms with Gasteiger partial charge in [0, 0.05) is 6.08 Å². The molecular weight excluding hydrogens is 362 g/mol. The molecule has 1 aliphatic heterocycles. The Balaban J connectivity index is 1.52. The molecular formula is C21H23NO4S. The molecule has 1 saturated heterocycles. The zero-order valence-corrected chi connectivity index (χ0v) is 16.0. The van der Waals surface area contributed by atoms with Gasteiger partial charge in [-0.1, -0.05) is 42.5 Å². The van der Waals surface area contributed by atoms with E-state index >= 15 is 0 Å². The van der Waals surface area contributed by atoms with Crippen LogP contribution in [0.25, 0.3) is 6.08 Å². The summed E-state index contributed by atoms with van der Waals surface area (Å²) in [5.41, 5.74) is 1.28. The first kappa shape index (κ1) is 19.2. The van der Waals surface area contributed by atoms with E-state index in [1.807, 2.05) is 54.6 Å². The van der Waals surface area contributed by atoms with E-state index in [0.717, 1.165) is 16.9 Å². The van der Waals surface area contributed by atoms with Gasteiger partial charge in [0.05, 0.1) is 17.0 Å². The second-order valence-electron chi connectivity index (χ2n) is 7.07. The highest BCUT2D eigenvalue weighted by molar-refractivity contribution is 7.91. The van der Waals surface area contributed by atoms with Crippen LogP contribution in [0, 0.1) is 0 Å². The first-order chi connectivity index (χ1) is 12.8. The molecule has 0 aromatic heterocycles. The highest BCUT2D eigenvalue weighted by Gasteiger charge is 2.39. The number of carbonyl (C=O) groups excluding carboxylic acids is 1. The number of carbonyl (C=O) groups is 1. The lowest BCUT2D eigenvalue weighted by Gasteiger charge is -2.22. The number of amides is 1. The Hall–Kier alpha value is -2.60. The molecule has 27 heavy (non-hydrogen) atoms. The van der Waals surface area contributed by atoms with Gasteiger partial charge in [0.2, 0.25) is 5.91 Å². The molecule has 0 spiro atoms. The largest absolute Gasteiger partial charge is 0.489 e. The molecule has 5 nitrogen and oxygen atoms in total. The second kappa shape index (κ2) is 7.96. The van der Waals surface area contributed by atoms with Crippen LogP contribution in [0.5, 0.6) is 5.75 Å². The second-order valence-corrected chi connectivity index (χ2v) is 9.25. The molecule has 3 rings (SSSR count). The van der Waals surface area contributed by atoms with Gasteiger partial charge in [0.25, 0.3) is 0 Å². The fraction of sp³-hybridized carbons (Fsp3) is 0.286. The van der Waals surface area contributed by atoms with E-state index in [2.05, 4.69) is 5.32 Å². The summed E-state index contributed by atoms with van der Waals surface area (Å²) in [6.45, 7) is 2.27. The van der Waals surface area contributed by atoms with Crippen LogP contribution in [0.1, 0.15) is 24.5 Å². The Morgan fingerprint density at radius 3 is 2.48 bits per heavy atom. The van der Waals surface area contributed by atoms with Gasteiger partial charge < -0.3 is 10.1 Å². The fourth-order valence-corrected chi connectivity index (χ4v) is 5.13. The quantitative estimate of drug-likeness (QED) is 0.776. The van der Waals surface area contributed by atoms with Crippen molar-refractivity contribution in [2.75, 3.05) is 11.5 Å². The van der Waals surface area contributed by atoms with Gasteiger partial charge >= 0.3 is 0 Å². The Bertz CT molecular complexity index is 920. The van der Waals surface area contributed by atoms with Gasteiger partial charge in [-0.15, -0.1) is 0 Å². The molecule has 1 heterocycles. The highest BCUT2D eigenvalue weighted by atomic mass is 32.2. The predicted molar refractivity (Wildman–Crippen MR) is 106 cm³/mol. The van der Waals surface area contributed by atoms with Crippen LogP contribution < -0.4 is 10.1 Å². The lowest BCUT2D eigenvalue weighted by molar-refractivity contribution is -0.117. The summed E-state index contributed by atoms with van der Waals surface area (Å²) in [6, 6.07) is 17.4. The molecule has 6 heteroatoms. The summed E-state index contributed by atoms with van der Waals surface area (Å²) in [7, 11) is -3.05. The van der Waals surface area contributed by atoms with Crippen molar-refractivity contribution in [2.45, 2.75) is 25.5 Å². The van der Waals surface area contributed by atoms with E-state index in [-0.39, 0.29) is 17.4 Å². The number of benzene rings is 2. The maximum Gasteiger partial charge on any atom is 0.244 e. The van der Waals surface area contributed by atoms with Crippen molar-refractivity contribution < 1.29 is 17.9 Å². The van der Waals surface area contributed by atoms with Crippen LogP contribution in [0.15, 0.2) is 60.7 Å². The number of nitrogens with one attached hydrogen (secondary N) is 1. The molecule has 0 saturated carbocycles. The first-order valence-electron chi connectivity index (χ1n) is 8.81. The summed E-state index contributed by atoms with van der Waals surface area (Å²) in [4.78, 5) is 12.1. The smallest absolute Gasteiger partial charge is 0.244 e. The monoisotopic (exact) mass is 385 g/mol. The molecule has 142 valence electrons. The van der Waals surface area contributed by atoms with Crippen molar-refractivity contribution in [3.05, 3.63) is 71.8 Å². The van der Waals surface area contributed by atoms with E-state index in [0.29, 0.717) is 13.0 Å². The minimum absolute atomic E-state index is 0.00691. The van der Waals surface area contributed by atoms with E-state index in [4.69, 9.17) is 4.74 Å². The van der Waals surface area contributed by atoms with E-state index in [1.54, 1.807) is 13.0 Å². The molecule has 1 fully saturated rings. The van der Waals surface area contributed by atoms with Crippen LogP contribution in [0.3, 0.4) is 0 Å². The minimum atomic E-state index is -3.05. The summed E-state index contributed by atoms with van der Waals surface area (Å²) in [5.74, 6) is 0.577. The van der Waals surface area contributed by atoms with Gasteiger partial charge in [-0.05, 0) is 42.7 Å². The molecule has 2 aromatic carbocycles. The van der Waals surface area contributed by atoms with E-state index in [9.17, 15) is 13.2 Å². The third kappa shape index (κ3) is 5.69. The van der Waals surface area contributed by atoms with Crippen molar-refractivity contribution >= 4 is 21.8 Å². The van der Waals surface area contributed by atoms with E-state index < -0.39 is 15.4 Å². The number of ether oxygens (including phenoxy) is 1. The van der Waals surface area contributed by atoms with Gasteiger partial charge in [-0.3, -0.25) is 4.79 Å². The molecule has 1 N–H and O–H groups in total. The first-order valence-corrected chi connectivity index (χ1v) is 10.6. The molecule has 0 radical (unpaired) electrons. The maximum atomic E-state index is 12.1. The van der Waals surface area contributed by atoms with Crippen molar-refractivity contribution in [2.24, 2.45) is 0 Å². The Morgan fingerprint density at radius 1 is 1.15 bits per heavy atom. The SMILES string of the molecule is CC1(NC(=O)C=Cc2ccc(OCc3ccccc3)cc2)CCS(=O)(=O)C1. The highest BCUT2D eigenvalue weighted by Crippen LogP contribution is 2.22. The van der Waals surface area contributed by atoms with Crippen LogP contribution in [0.2, 0.25) is 0 Å². The summed E-state index contributed by atoms with van der Waals surface area (Å²) < 4.78 is 28.9. The fourth-order valence-electron chi connectivity index (χ4n) is 3.04. The molecule has 1 amide bonds. The Kier molecular flexibility index (Phi) is 5.65. The van der Waals surface area contributed by atoms with Crippen LogP contribution in [-0.2, 0) is 21.2 Å². The molecule has 0 aliphatic carbocycles. The number of hydrogen-bond acceptors (Lipinski definition) is 4. The van der Waals surface area contributed by atoms with Gasteiger partial charge in [0.15, 0.2) is 9.84 Å². The number of hydrogen-bond donors (Lipinski definition) is 1. The zero-order chi connectivity index (χ0) is 19.3. The Labute approximate surface area is 160 Å². The van der Waals surface area contributed by atoms with Crippen LogP contribution >= 0.6 is 0 Å². The van der Waals surface area contributed by atoms with Crippen LogP contribution in [-0.4, -0.2) is 31.4 Å². The number of rotatable bonds is 6. The minimum Gasteiger partial charge on any atom is -0.489 e. The summed E-state index contributed by atoms with van der Waals surface area (Å²) in [6.07, 6.45) is 3.57. The molecule has 2 aromatic rings. The van der Waals surface area contributed by atoms with Crippen molar-refractivity contribution in [1.29, 1.82) is 0 Å². The lowest BCUT2D eigenvalue weighted by Crippen LogP contribution is -2.46. The normalized spacial score (nSPS) is 21.2. The lowest BCUT2D eigenvalue weighted by atomic mass is 10.0. The van der Waals surface area contributed by atoms with Gasteiger partial charge in [-0.2, -0.15) is 0 Å². The maximum absolute atomic E-state index is 12.1. The standard InChI is InChI=1S/C21H23NO4S/c1-21(13-14-27(24,25)16-21)22-20(23)12-9-17-7-10-19(11-8-17)26-15-18-5-3-2-4-6-18/h2-12H,13-16H2,1H3,(H,22,23). The van der Waals surface area contributed by atoms with Crippen molar-refractivity contribution in [3.63, 3.8) is 0 Å². The average Bonchev–Trinajstić information content (AvgIpc) is 2.92. The zero-order valence-electron chi connectivity index (χ0n) is 15.2. The van der Waals surface area contributed by atoms with Crippen molar-refractivity contribution in [1.82, 2.24) is 5.32 Å². The van der Waals surface area contributed by atoms with Gasteiger partial charge in [-0.25, -0.2) is 8.42 Å². The molecule has 1 aliphatic rings. The Morgan fingerprint density at radius 2 is 1.85 bits per heavy atom. The molecule has 1 atom stereocenters. The van der Waals surface area contributed by atoms with E-state index in [1.165, 1.54) is 6.08 Å². The predicted octanol–water partition coefficient (Wildman–Crippen LogP) is 2.97. The average molecular weight is 385 g/mol.